The highest BCUT2D eigenvalue weighted by molar-refractivity contribution is 6.28. The van der Waals surface area contributed by atoms with E-state index in [-0.39, 0.29) is 11.8 Å². The largest absolute Gasteiger partial charge is 0.380 e. The first kappa shape index (κ1) is 27.0. The molecule has 1 aliphatic carbocycles. The summed E-state index contributed by atoms with van der Waals surface area (Å²) in [5.41, 5.74) is 3.38. The summed E-state index contributed by atoms with van der Waals surface area (Å²) in [7, 11) is 2.15. The molecule has 0 radical (unpaired) electrons. The molecule has 2 aliphatic heterocycles. The van der Waals surface area contributed by atoms with Crippen LogP contribution >= 0.6 is 0 Å². The van der Waals surface area contributed by atoms with Crippen LogP contribution in [-0.2, 0) is 0 Å². The van der Waals surface area contributed by atoms with Crippen LogP contribution in [0, 0.1) is 11.8 Å². The Hall–Kier alpha value is -2.60. The summed E-state index contributed by atoms with van der Waals surface area (Å²) in [4.78, 5) is 31.0. The lowest BCUT2D eigenvalue weighted by Gasteiger charge is -2.32. The Balaban J connectivity index is 1.23. The van der Waals surface area contributed by atoms with Gasteiger partial charge in [-0.25, -0.2) is 0 Å². The fourth-order valence-electron chi connectivity index (χ4n) is 6.62. The van der Waals surface area contributed by atoms with Gasteiger partial charge in [0.2, 0.25) is 0 Å². The van der Waals surface area contributed by atoms with Crippen molar-refractivity contribution in [2.24, 2.45) is 11.8 Å². The number of imide groups is 1. The van der Waals surface area contributed by atoms with E-state index in [4.69, 9.17) is 0 Å². The van der Waals surface area contributed by atoms with E-state index < -0.39 is 0 Å². The van der Waals surface area contributed by atoms with Crippen molar-refractivity contribution in [1.29, 1.82) is 0 Å². The number of fused-ring (bicyclic) bond motifs is 1. The van der Waals surface area contributed by atoms with E-state index in [1.165, 1.54) is 43.4 Å². The maximum atomic E-state index is 13.6. The van der Waals surface area contributed by atoms with E-state index in [2.05, 4.69) is 43.4 Å². The second kappa shape index (κ2) is 11.6. The van der Waals surface area contributed by atoms with Gasteiger partial charge >= 0.3 is 0 Å². The third-order valence-electron chi connectivity index (χ3n) is 8.96. The maximum absolute atomic E-state index is 13.6. The molecule has 0 saturated heterocycles. The molecule has 2 N–H and O–H groups in total. The number of rotatable bonds is 11. The Bertz CT molecular complexity index is 1110. The molecule has 3 unspecified atom stereocenters. The first-order valence-corrected chi connectivity index (χ1v) is 15.0. The number of nitrogens with one attached hydrogen (secondary N) is 2. The highest BCUT2D eigenvalue weighted by atomic mass is 16.2. The molecule has 3 atom stereocenters. The van der Waals surface area contributed by atoms with Crippen molar-refractivity contribution >= 4 is 34.0 Å². The third-order valence-corrected chi connectivity index (χ3v) is 8.96. The quantitative estimate of drug-likeness (QED) is 0.322. The van der Waals surface area contributed by atoms with E-state index in [0.717, 1.165) is 66.3 Å². The van der Waals surface area contributed by atoms with Gasteiger partial charge in [-0.3, -0.25) is 14.5 Å². The Morgan fingerprint density at radius 3 is 2.00 bits per heavy atom. The number of hydrogen-bond acceptors (Lipinski definition) is 5. The predicted molar refractivity (Wildman–Crippen MR) is 157 cm³/mol. The number of carbonyl (C=O) groups excluding carboxylic acids is 2. The van der Waals surface area contributed by atoms with Crippen LogP contribution in [0.15, 0.2) is 24.3 Å². The molecule has 1 fully saturated rings. The summed E-state index contributed by atoms with van der Waals surface area (Å²) in [5.74, 6) is 1.20. The monoisotopic (exact) mass is 518 g/mol. The molecule has 2 aromatic carbocycles. The minimum Gasteiger partial charge on any atom is -0.380 e. The highest BCUT2D eigenvalue weighted by Crippen LogP contribution is 2.42. The van der Waals surface area contributed by atoms with Crippen molar-refractivity contribution in [2.45, 2.75) is 90.6 Å². The maximum Gasteiger partial charge on any atom is 0.261 e. The number of amides is 2. The number of carbonyl (C=O) groups is 2. The second-order valence-corrected chi connectivity index (χ2v) is 12.5. The van der Waals surface area contributed by atoms with Gasteiger partial charge in [0.15, 0.2) is 0 Å². The molecule has 0 aromatic heterocycles. The van der Waals surface area contributed by atoms with Crippen LogP contribution in [-0.4, -0.2) is 60.4 Å². The Labute approximate surface area is 228 Å². The first-order chi connectivity index (χ1) is 18.3. The van der Waals surface area contributed by atoms with Gasteiger partial charge in [-0.2, -0.15) is 0 Å². The average molecular weight is 519 g/mol. The van der Waals surface area contributed by atoms with E-state index in [1.807, 2.05) is 24.3 Å². The van der Waals surface area contributed by atoms with Crippen LogP contribution in [0.3, 0.4) is 0 Å². The van der Waals surface area contributed by atoms with Crippen LogP contribution in [0.4, 0.5) is 11.4 Å². The molecule has 5 rings (SSSR count). The Kier molecular flexibility index (Phi) is 8.27. The van der Waals surface area contributed by atoms with Gasteiger partial charge in [0.1, 0.15) is 0 Å². The van der Waals surface area contributed by atoms with Crippen molar-refractivity contribution in [2.75, 3.05) is 37.3 Å². The fraction of sp³-hybridized carbons (Fsp3) is 0.625. The number of benzene rings is 2. The minimum atomic E-state index is -0.158. The lowest BCUT2D eigenvalue weighted by Crippen LogP contribution is -2.41. The van der Waals surface area contributed by atoms with Gasteiger partial charge < -0.3 is 15.5 Å². The highest BCUT2D eigenvalue weighted by Gasteiger charge is 2.36. The van der Waals surface area contributed by atoms with Gasteiger partial charge in [-0.15, -0.1) is 0 Å². The standard InChI is InChI=1S/C32H46N4O2/c1-21(2)9-7-10-22(3)17-20-35(4)18-8-19-36-31(37)23-13-15-27-30-28(16-14-24(29(23)30)32(36)38)34-26-12-6-5-11-25(26)33-27/h13-16,21-22,25-26,33-34H,5-12,17-20H2,1-4H3. The van der Waals surface area contributed by atoms with Crippen molar-refractivity contribution in [3.8, 4) is 0 Å². The van der Waals surface area contributed by atoms with Gasteiger partial charge in [0.25, 0.3) is 11.8 Å². The molecule has 2 heterocycles. The van der Waals surface area contributed by atoms with Crippen molar-refractivity contribution in [3.05, 3.63) is 35.4 Å². The smallest absolute Gasteiger partial charge is 0.261 e. The molecule has 1 saturated carbocycles. The number of anilines is 2. The molecule has 2 amide bonds. The predicted octanol–water partition coefficient (Wildman–Crippen LogP) is 6.76. The third kappa shape index (κ3) is 5.56. The first-order valence-electron chi connectivity index (χ1n) is 15.0. The van der Waals surface area contributed by atoms with Gasteiger partial charge in [0.05, 0.1) is 0 Å². The summed E-state index contributed by atoms with van der Waals surface area (Å²) in [6, 6.07) is 8.70. The zero-order valence-corrected chi connectivity index (χ0v) is 23.8. The molecule has 6 heteroatoms. The zero-order valence-electron chi connectivity index (χ0n) is 23.8. The molecule has 3 aliphatic rings. The van der Waals surface area contributed by atoms with Crippen molar-refractivity contribution < 1.29 is 9.59 Å². The lowest BCUT2D eigenvalue weighted by molar-refractivity contribution is 0.0604. The fourth-order valence-corrected chi connectivity index (χ4v) is 6.62. The van der Waals surface area contributed by atoms with Gasteiger partial charge in [-0.05, 0) is 81.9 Å². The summed E-state index contributed by atoms with van der Waals surface area (Å²) < 4.78 is 0. The van der Waals surface area contributed by atoms with Crippen LogP contribution in [0.5, 0.6) is 0 Å². The van der Waals surface area contributed by atoms with Gasteiger partial charge in [-0.1, -0.05) is 52.9 Å². The van der Waals surface area contributed by atoms with Crippen molar-refractivity contribution in [3.63, 3.8) is 0 Å². The molecular weight excluding hydrogens is 472 g/mol. The molecule has 0 spiro atoms. The molecule has 0 bridgehead atoms. The molecule has 38 heavy (non-hydrogen) atoms. The Morgan fingerprint density at radius 2 is 1.42 bits per heavy atom. The SMILES string of the molecule is CC(C)CCCC(C)CCN(C)CCCN1C(=O)c2ccc3c4c(ccc(c24)C1=O)NC1CCCCC1N3. The topological polar surface area (TPSA) is 64.7 Å². The molecule has 6 nitrogen and oxygen atoms in total. The number of hydrogen-bond donors (Lipinski definition) is 2. The van der Waals surface area contributed by atoms with Gasteiger partial charge in [0, 0.05) is 51.9 Å². The molecule has 206 valence electrons. The lowest BCUT2D eigenvalue weighted by atomic mass is 9.90. The molecule has 2 aromatic rings. The zero-order chi connectivity index (χ0) is 26.8. The number of nitrogens with zero attached hydrogens (tertiary/aromatic N) is 2. The summed E-state index contributed by atoms with van der Waals surface area (Å²) in [5, 5.41) is 9.31. The Morgan fingerprint density at radius 1 is 0.816 bits per heavy atom. The van der Waals surface area contributed by atoms with Crippen molar-refractivity contribution in [1.82, 2.24) is 9.80 Å². The molecular formula is C32H46N4O2. The van der Waals surface area contributed by atoms with E-state index >= 15 is 0 Å². The van der Waals surface area contributed by atoms with E-state index in [1.54, 1.807) is 0 Å². The van der Waals surface area contributed by atoms with Crippen LogP contribution < -0.4 is 10.6 Å². The average Bonchev–Trinajstić information content (AvgIpc) is 3.06. The van der Waals surface area contributed by atoms with E-state index in [0.29, 0.717) is 29.8 Å². The van der Waals surface area contributed by atoms with E-state index in [9.17, 15) is 9.59 Å². The summed E-state index contributed by atoms with van der Waals surface area (Å²) in [6.45, 7) is 9.34. The summed E-state index contributed by atoms with van der Waals surface area (Å²) in [6.07, 6.45) is 10.6. The minimum absolute atomic E-state index is 0.158. The second-order valence-electron chi connectivity index (χ2n) is 12.5. The van der Waals surface area contributed by atoms with Crippen LogP contribution in [0.25, 0.3) is 10.8 Å². The summed E-state index contributed by atoms with van der Waals surface area (Å²) >= 11 is 0. The van der Waals surface area contributed by atoms with Crippen LogP contribution in [0.2, 0.25) is 0 Å². The normalized spacial score (nSPS) is 21.4. The van der Waals surface area contributed by atoms with Crippen LogP contribution in [0.1, 0.15) is 99.3 Å².